The van der Waals surface area contributed by atoms with E-state index >= 15 is 0 Å². The number of rotatable bonds is 9. The summed E-state index contributed by atoms with van der Waals surface area (Å²) in [5.74, 6) is -3.33. The van der Waals surface area contributed by atoms with Crippen LogP contribution in [-0.4, -0.2) is 66.9 Å². The van der Waals surface area contributed by atoms with Gasteiger partial charge in [0.2, 0.25) is 5.91 Å². The fraction of sp³-hybridized carbons (Fsp3) is 0.600. The van der Waals surface area contributed by atoms with Crippen LogP contribution >= 0.6 is 0 Å². The van der Waals surface area contributed by atoms with Gasteiger partial charge in [0, 0.05) is 13.7 Å². The van der Waals surface area contributed by atoms with E-state index in [4.69, 9.17) is 14.9 Å². The molecule has 114 valence electrons. The van der Waals surface area contributed by atoms with Gasteiger partial charge >= 0.3 is 18.0 Å². The van der Waals surface area contributed by atoms with Crippen molar-refractivity contribution in [3.63, 3.8) is 0 Å². The predicted molar refractivity (Wildman–Crippen MR) is 65.1 cm³/mol. The van der Waals surface area contributed by atoms with Gasteiger partial charge in [0.25, 0.3) is 0 Å². The molecule has 1 atom stereocenters. The Morgan fingerprint density at radius 3 is 2.30 bits per heavy atom. The zero-order valence-corrected chi connectivity index (χ0v) is 10.8. The maximum absolute atomic E-state index is 11.3. The van der Waals surface area contributed by atoms with E-state index in [9.17, 15) is 19.2 Å². The molecular formula is C10H17N3O7. The van der Waals surface area contributed by atoms with Gasteiger partial charge in [0.1, 0.15) is 6.04 Å². The summed E-state index contributed by atoms with van der Waals surface area (Å²) in [6.07, 6.45) is -0.761. The lowest BCUT2D eigenvalue weighted by Crippen LogP contribution is -2.49. The van der Waals surface area contributed by atoms with Gasteiger partial charge in [0.05, 0.1) is 19.6 Å². The molecule has 0 saturated carbocycles. The van der Waals surface area contributed by atoms with Crippen molar-refractivity contribution >= 4 is 23.9 Å². The molecule has 0 saturated heterocycles. The summed E-state index contributed by atoms with van der Waals surface area (Å²) >= 11 is 0. The van der Waals surface area contributed by atoms with Crippen LogP contribution in [0.15, 0.2) is 0 Å². The lowest BCUT2D eigenvalue weighted by atomic mass is 10.2. The number of hydrogen-bond acceptors (Lipinski definition) is 5. The van der Waals surface area contributed by atoms with Crippen molar-refractivity contribution in [2.45, 2.75) is 12.5 Å². The number of nitrogens with one attached hydrogen (secondary N) is 3. The number of carbonyl (C=O) groups is 4. The minimum atomic E-state index is -1.57. The van der Waals surface area contributed by atoms with Gasteiger partial charge in [-0.1, -0.05) is 0 Å². The maximum Gasteiger partial charge on any atom is 0.326 e. The summed E-state index contributed by atoms with van der Waals surface area (Å²) in [6.45, 7) is 0.224. The first-order chi connectivity index (χ1) is 9.36. The first-order valence-electron chi connectivity index (χ1n) is 5.61. The molecule has 5 N–H and O–H groups in total. The molecule has 10 heteroatoms. The molecule has 0 spiro atoms. The number of ether oxygens (including phenoxy) is 1. The minimum Gasteiger partial charge on any atom is -0.481 e. The zero-order valence-electron chi connectivity index (χ0n) is 10.8. The predicted octanol–water partition coefficient (Wildman–Crippen LogP) is -2.02. The Morgan fingerprint density at radius 2 is 1.80 bits per heavy atom. The maximum atomic E-state index is 11.3. The summed E-state index contributed by atoms with van der Waals surface area (Å²) in [7, 11) is 1.46. The molecule has 20 heavy (non-hydrogen) atoms. The number of amides is 3. The van der Waals surface area contributed by atoms with Gasteiger partial charge in [0.15, 0.2) is 0 Å². The highest BCUT2D eigenvalue weighted by Gasteiger charge is 2.22. The quantitative estimate of drug-likeness (QED) is 0.307. The van der Waals surface area contributed by atoms with E-state index in [2.05, 4.69) is 10.6 Å². The molecule has 0 aromatic heterocycles. The third-order valence-electron chi connectivity index (χ3n) is 2.02. The minimum absolute atomic E-state index is 0.273. The highest BCUT2D eigenvalue weighted by molar-refractivity contribution is 5.88. The smallest absolute Gasteiger partial charge is 0.326 e. The monoisotopic (exact) mass is 291 g/mol. The molecule has 0 aliphatic carbocycles. The molecule has 0 aromatic rings. The van der Waals surface area contributed by atoms with Crippen LogP contribution in [0, 0.1) is 0 Å². The van der Waals surface area contributed by atoms with Gasteiger partial charge in [-0.05, 0) is 0 Å². The lowest BCUT2D eigenvalue weighted by molar-refractivity contribution is -0.145. The number of carbonyl (C=O) groups excluding carboxylic acids is 2. The van der Waals surface area contributed by atoms with Crippen molar-refractivity contribution in [1.29, 1.82) is 0 Å². The standard InChI is InChI=1S/C10H17N3O7/c1-20-3-2-11-7(14)5-12-10(19)13-6(9(17)18)4-8(15)16/h6H,2-5H2,1H3,(H,11,14)(H,15,16)(H,17,18)(H2,12,13,19)/t6-/m0/s1. The summed E-state index contributed by atoms with van der Waals surface area (Å²) in [5, 5.41) is 23.6. The van der Waals surface area contributed by atoms with E-state index in [1.807, 2.05) is 5.32 Å². The van der Waals surface area contributed by atoms with E-state index in [-0.39, 0.29) is 13.1 Å². The van der Waals surface area contributed by atoms with Gasteiger partial charge in [-0.2, -0.15) is 0 Å². The molecule has 0 aliphatic rings. The number of methoxy groups -OCH3 is 1. The van der Waals surface area contributed by atoms with Crippen LogP contribution in [0.1, 0.15) is 6.42 Å². The fourth-order valence-electron chi connectivity index (χ4n) is 1.10. The van der Waals surface area contributed by atoms with E-state index in [0.29, 0.717) is 6.61 Å². The van der Waals surface area contributed by atoms with Crippen molar-refractivity contribution < 1.29 is 34.1 Å². The normalized spacial score (nSPS) is 11.2. The van der Waals surface area contributed by atoms with Crippen molar-refractivity contribution in [1.82, 2.24) is 16.0 Å². The Labute approximate surface area is 114 Å². The molecule has 0 aliphatic heterocycles. The van der Waals surface area contributed by atoms with Crippen LogP contribution in [0.5, 0.6) is 0 Å². The summed E-state index contributed by atoms with van der Waals surface area (Å²) in [6, 6.07) is -2.51. The van der Waals surface area contributed by atoms with E-state index < -0.39 is 36.3 Å². The van der Waals surface area contributed by atoms with Crippen LogP contribution in [0.4, 0.5) is 4.79 Å². The lowest BCUT2D eigenvalue weighted by Gasteiger charge is -2.13. The summed E-state index contributed by atoms with van der Waals surface area (Å²) < 4.78 is 4.70. The Kier molecular flexibility index (Phi) is 8.43. The van der Waals surface area contributed by atoms with E-state index in [0.717, 1.165) is 0 Å². The highest BCUT2D eigenvalue weighted by atomic mass is 16.5. The topological polar surface area (TPSA) is 154 Å². The number of hydrogen-bond donors (Lipinski definition) is 5. The Bertz CT molecular complexity index is 372. The first-order valence-corrected chi connectivity index (χ1v) is 5.61. The second-order valence-electron chi connectivity index (χ2n) is 3.66. The number of carboxylic acid groups (broad SMARTS) is 2. The van der Waals surface area contributed by atoms with Gasteiger partial charge < -0.3 is 30.9 Å². The molecule has 0 fully saturated rings. The largest absolute Gasteiger partial charge is 0.481 e. The zero-order chi connectivity index (χ0) is 15.5. The van der Waals surface area contributed by atoms with Crippen molar-refractivity contribution in [2.75, 3.05) is 26.8 Å². The van der Waals surface area contributed by atoms with Crippen molar-refractivity contribution in [3.8, 4) is 0 Å². The fourth-order valence-corrected chi connectivity index (χ4v) is 1.10. The second kappa shape index (κ2) is 9.55. The van der Waals surface area contributed by atoms with E-state index in [1.165, 1.54) is 7.11 Å². The van der Waals surface area contributed by atoms with Crippen LogP contribution in [0.3, 0.4) is 0 Å². The molecule has 0 unspecified atom stereocenters. The number of urea groups is 1. The first kappa shape index (κ1) is 17.6. The number of aliphatic carboxylic acids is 2. The van der Waals surface area contributed by atoms with Crippen LogP contribution in [-0.2, 0) is 19.1 Å². The Balaban J connectivity index is 4.04. The molecule has 0 aromatic carbocycles. The van der Waals surface area contributed by atoms with Gasteiger partial charge in [-0.3, -0.25) is 9.59 Å². The summed E-state index contributed by atoms with van der Waals surface area (Å²) in [4.78, 5) is 43.6. The Morgan fingerprint density at radius 1 is 1.15 bits per heavy atom. The molecule has 3 amide bonds. The van der Waals surface area contributed by atoms with Crippen LogP contribution in [0.2, 0.25) is 0 Å². The van der Waals surface area contributed by atoms with Gasteiger partial charge in [-0.15, -0.1) is 0 Å². The van der Waals surface area contributed by atoms with Gasteiger partial charge in [-0.25, -0.2) is 9.59 Å². The second-order valence-corrected chi connectivity index (χ2v) is 3.66. The molecule has 10 nitrogen and oxygen atoms in total. The molecular weight excluding hydrogens is 274 g/mol. The van der Waals surface area contributed by atoms with Crippen LogP contribution < -0.4 is 16.0 Å². The number of carboxylic acids is 2. The highest BCUT2D eigenvalue weighted by Crippen LogP contribution is 1.92. The van der Waals surface area contributed by atoms with Crippen molar-refractivity contribution in [2.24, 2.45) is 0 Å². The molecule has 0 bridgehead atoms. The van der Waals surface area contributed by atoms with Crippen molar-refractivity contribution in [3.05, 3.63) is 0 Å². The average molecular weight is 291 g/mol. The third-order valence-corrected chi connectivity index (χ3v) is 2.02. The SMILES string of the molecule is COCCNC(=O)CNC(=O)N[C@@H](CC(=O)O)C(=O)O. The summed E-state index contributed by atoms with van der Waals surface area (Å²) in [5.41, 5.74) is 0. The average Bonchev–Trinajstić information content (AvgIpc) is 2.35. The Hall–Kier alpha value is -2.36. The van der Waals surface area contributed by atoms with Crippen LogP contribution in [0.25, 0.3) is 0 Å². The molecule has 0 radical (unpaired) electrons. The molecule has 0 rings (SSSR count). The third kappa shape index (κ3) is 8.69. The van der Waals surface area contributed by atoms with E-state index in [1.54, 1.807) is 0 Å². The molecule has 0 heterocycles.